The Kier molecular flexibility index (Phi) is 7.58. The summed E-state index contributed by atoms with van der Waals surface area (Å²) >= 11 is 0. The maximum atomic E-state index is 14.5. The molecule has 0 atom stereocenters. The van der Waals surface area contributed by atoms with Gasteiger partial charge in [-0.05, 0) is 36.4 Å². The Labute approximate surface area is 213 Å². The van der Waals surface area contributed by atoms with Gasteiger partial charge in [0.05, 0.1) is 32.4 Å². The van der Waals surface area contributed by atoms with Crippen LogP contribution in [0.3, 0.4) is 0 Å². The van der Waals surface area contributed by atoms with E-state index in [0.717, 1.165) is 6.20 Å². The second-order valence-corrected chi connectivity index (χ2v) is 9.23. The maximum Gasteiger partial charge on any atom is 0.261 e. The molecule has 0 saturated carbocycles. The van der Waals surface area contributed by atoms with Crippen molar-refractivity contribution in [3.05, 3.63) is 78.7 Å². The van der Waals surface area contributed by atoms with Gasteiger partial charge in [0.25, 0.3) is 10.0 Å². The van der Waals surface area contributed by atoms with Crippen LogP contribution in [-0.2, 0) is 10.0 Å². The zero-order chi connectivity index (χ0) is 26.4. The van der Waals surface area contributed by atoms with Crippen molar-refractivity contribution >= 4 is 38.9 Å². The van der Waals surface area contributed by atoms with Gasteiger partial charge < -0.3 is 24.8 Å². The summed E-state index contributed by atoms with van der Waals surface area (Å²) in [5.74, 6) is 0.630. The summed E-state index contributed by atoms with van der Waals surface area (Å²) in [4.78, 5) is 8.34. The average Bonchev–Trinajstić information content (AvgIpc) is 2.91. The van der Waals surface area contributed by atoms with Crippen LogP contribution in [0.4, 0.5) is 33.2 Å². The standard InChI is InChI=1S/C25H24FN5O5S/c1-34-21-13-18(14-22(35-2)23(21)36-3)29-25-27-15-20(26)24(30-25)28-16-9-11-17(12-10-16)31-37(32,33)19-7-5-4-6-8-19/h4-15,31H,1-3H3,(H2,27,28,29,30). The number of hydrogen-bond acceptors (Lipinski definition) is 9. The second-order valence-electron chi connectivity index (χ2n) is 7.55. The zero-order valence-electron chi connectivity index (χ0n) is 20.2. The Hall–Kier alpha value is -4.58. The number of nitrogens with zero attached hydrogens (tertiary/aromatic N) is 2. The predicted molar refractivity (Wildman–Crippen MR) is 138 cm³/mol. The van der Waals surface area contributed by atoms with Crippen LogP contribution in [0.2, 0.25) is 0 Å². The summed E-state index contributed by atoms with van der Waals surface area (Å²) in [7, 11) is 0.763. The fourth-order valence-corrected chi connectivity index (χ4v) is 4.45. The number of sulfonamides is 1. The van der Waals surface area contributed by atoms with E-state index in [4.69, 9.17) is 14.2 Å². The molecular formula is C25H24FN5O5S. The van der Waals surface area contributed by atoms with E-state index in [0.29, 0.717) is 34.3 Å². The molecule has 0 fully saturated rings. The van der Waals surface area contributed by atoms with Gasteiger partial charge in [-0.1, -0.05) is 18.2 Å². The summed E-state index contributed by atoms with van der Waals surface area (Å²) in [6.07, 6.45) is 1.03. The van der Waals surface area contributed by atoms with Gasteiger partial charge in [-0.15, -0.1) is 0 Å². The lowest BCUT2D eigenvalue weighted by atomic mass is 10.2. The molecule has 0 spiro atoms. The molecule has 10 nitrogen and oxygen atoms in total. The van der Waals surface area contributed by atoms with Crippen molar-refractivity contribution in [1.82, 2.24) is 9.97 Å². The third kappa shape index (κ3) is 5.98. The van der Waals surface area contributed by atoms with E-state index < -0.39 is 15.8 Å². The minimum absolute atomic E-state index is 0.0810. The van der Waals surface area contributed by atoms with Crippen LogP contribution in [0.25, 0.3) is 0 Å². The van der Waals surface area contributed by atoms with Crippen LogP contribution in [0.5, 0.6) is 17.2 Å². The molecule has 0 amide bonds. The van der Waals surface area contributed by atoms with Gasteiger partial charge in [0.15, 0.2) is 23.1 Å². The molecule has 0 radical (unpaired) electrons. The topological polar surface area (TPSA) is 124 Å². The monoisotopic (exact) mass is 525 g/mol. The lowest BCUT2D eigenvalue weighted by molar-refractivity contribution is 0.324. The second kappa shape index (κ2) is 11.0. The Balaban J connectivity index is 1.50. The number of hydrogen-bond donors (Lipinski definition) is 3. The quantitative estimate of drug-likeness (QED) is 0.264. The van der Waals surface area contributed by atoms with E-state index >= 15 is 0 Å². The summed E-state index contributed by atoms with van der Waals surface area (Å²) in [5, 5.41) is 5.86. The van der Waals surface area contributed by atoms with Gasteiger partial charge in [-0.2, -0.15) is 4.98 Å². The highest BCUT2D eigenvalue weighted by molar-refractivity contribution is 7.92. The Bertz CT molecular complexity index is 1460. The molecule has 0 aliphatic carbocycles. The van der Waals surface area contributed by atoms with E-state index in [2.05, 4.69) is 25.3 Å². The summed E-state index contributed by atoms with van der Waals surface area (Å²) in [6.45, 7) is 0. The van der Waals surface area contributed by atoms with Crippen molar-refractivity contribution in [2.24, 2.45) is 0 Å². The highest BCUT2D eigenvalue weighted by Crippen LogP contribution is 2.40. The van der Waals surface area contributed by atoms with Crippen molar-refractivity contribution in [2.75, 3.05) is 36.7 Å². The van der Waals surface area contributed by atoms with Crippen LogP contribution < -0.4 is 29.6 Å². The van der Waals surface area contributed by atoms with E-state index in [-0.39, 0.29) is 16.7 Å². The van der Waals surface area contributed by atoms with E-state index in [9.17, 15) is 12.8 Å². The Morgan fingerprint density at radius 3 is 2.00 bits per heavy atom. The minimum Gasteiger partial charge on any atom is -0.493 e. The van der Waals surface area contributed by atoms with Gasteiger partial charge in [-0.3, -0.25) is 4.72 Å². The summed E-state index contributed by atoms with van der Waals surface area (Å²) in [5.41, 5.74) is 1.36. The van der Waals surface area contributed by atoms with Gasteiger partial charge in [-0.25, -0.2) is 17.8 Å². The first-order valence-corrected chi connectivity index (χ1v) is 12.4. The van der Waals surface area contributed by atoms with E-state index in [1.54, 1.807) is 54.6 Å². The molecule has 37 heavy (non-hydrogen) atoms. The lowest BCUT2D eigenvalue weighted by Crippen LogP contribution is -2.12. The van der Waals surface area contributed by atoms with Gasteiger partial charge in [0.1, 0.15) is 0 Å². The normalized spacial score (nSPS) is 10.9. The number of rotatable bonds is 10. The Morgan fingerprint density at radius 2 is 1.41 bits per heavy atom. The van der Waals surface area contributed by atoms with Crippen molar-refractivity contribution in [1.29, 1.82) is 0 Å². The zero-order valence-corrected chi connectivity index (χ0v) is 21.0. The first-order valence-electron chi connectivity index (χ1n) is 10.9. The SMILES string of the molecule is COc1cc(Nc2ncc(F)c(Nc3ccc(NS(=O)(=O)c4ccccc4)cc3)n2)cc(OC)c1OC. The summed E-state index contributed by atoms with van der Waals surface area (Å²) in [6, 6.07) is 17.6. The Morgan fingerprint density at radius 1 is 0.784 bits per heavy atom. The molecule has 12 heteroatoms. The first-order chi connectivity index (χ1) is 17.8. The van der Waals surface area contributed by atoms with Crippen LogP contribution in [0.1, 0.15) is 0 Å². The molecule has 192 valence electrons. The maximum absolute atomic E-state index is 14.5. The molecule has 1 heterocycles. The van der Waals surface area contributed by atoms with Crippen LogP contribution in [0.15, 0.2) is 77.8 Å². The number of anilines is 5. The predicted octanol–water partition coefficient (Wildman–Crippen LogP) is 4.93. The number of ether oxygens (including phenoxy) is 3. The largest absolute Gasteiger partial charge is 0.493 e. The molecule has 0 bridgehead atoms. The molecule has 4 aromatic rings. The third-order valence-electron chi connectivity index (χ3n) is 5.12. The van der Waals surface area contributed by atoms with Crippen LogP contribution >= 0.6 is 0 Å². The van der Waals surface area contributed by atoms with Crippen molar-refractivity contribution in [2.45, 2.75) is 4.90 Å². The number of halogens is 1. The van der Waals surface area contributed by atoms with Crippen molar-refractivity contribution in [3.8, 4) is 17.2 Å². The number of nitrogens with one attached hydrogen (secondary N) is 3. The third-order valence-corrected chi connectivity index (χ3v) is 6.52. The van der Waals surface area contributed by atoms with Crippen LogP contribution in [-0.4, -0.2) is 39.7 Å². The highest BCUT2D eigenvalue weighted by atomic mass is 32.2. The molecule has 1 aromatic heterocycles. The summed E-state index contributed by atoms with van der Waals surface area (Å²) < 4.78 is 58.0. The fraction of sp³-hybridized carbons (Fsp3) is 0.120. The number of methoxy groups -OCH3 is 3. The molecule has 0 unspecified atom stereocenters. The van der Waals surface area contributed by atoms with Crippen molar-refractivity contribution < 1.29 is 27.0 Å². The first kappa shape index (κ1) is 25.5. The smallest absolute Gasteiger partial charge is 0.261 e. The average molecular weight is 526 g/mol. The molecule has 3 N–H and O–H groups in total. The van der Waals surface area contributed by atoms with E-state index in [1.165, 1.54) is 33.5 Å². The van der Waals surface area contributed by atoms with Crippen LogP contribution in [0, 0.1) is 5.82 Å². The lowest BCUT2D eigenvalue weighted by Gasteiger charge is -2.15. The molecule has 3 aromatic carbocycles. The number of aromatic nitrogens is 2. The van der Waals surface area contributed by atoms with E-state index in [1.807, 2.05) is 0 Å². The number of benzene rings is 3. The fourth-order valence-electron chi connectivity index (χ4n) is 3.37. The van der Waals surface area contributed by atoms with Gasteiger partial charge in [0, 0.05) is 29.2 Å². The molecule has 0 aliphatic rings. The van der Waals surface area contributed by atoms with Gasteiger partial charge >= 0.3 is 0 Å². The molecule has 0 aliphatic heterocycles. The molecule has 0 saturated heterocycles. The molecule has 4 rings (SSSR count). The molecular weight excluding hydrogens is 501 g/mol. The van der Waals surface area contributed by atoms with Crippen molar-refractivity contribution in [3.63, 3.8) is 0 Å². The van der Waals surface area contributed by atoms with Gasteiger partial charge in [0.2, 0.25) is 11.7 Å². The minimum atomic E-state index is -3.73. The highest BCUT2D eigenvalue weighted by Gasteiger charge is 2.16.